The number of benzene rings is 3. The molecular weight excluding hydrogens is 528 g/mol. The number of cyclic esters (lactones) is 1. The number of allylic oxidation sites excluding steroid dienone is 2. The van der Waals surface area contributed by atoms with Crippen LogP contribution in [0.1, 0.15) is 48.4 Å². The van der Waals surface area contributed by atoms with Crippen LogP contribution >= 0.6 is 0 Å². The van der Waals surface area contributed by atoms with Crippen LogP contribution in [0, 0.1) is 11.8 Å². The van der Waals surface area contributed by atoms with Crippen molar-refractivity contribution in [2.24, 2.45) is 11.8 Å². The summed E-state index contributed by atoms with van der Waals surface area (Å²) in [7, 11) is 0. The Morgan fingerprint density at radius 3 is 2.19 bits per heavy atom. The molecule has 0 fully saturated rings. The Bertz CT molecular complexity index is 1300. The van der Waals surface area contributed by atoms with Crippen molar-refractivity contribution in [1.29, 1.82) is 0 Å². The van der Waals surface area contributed by atoms with E-state index in [1.54, 1.807) is 0 Å². The first-order chi connectivity index (χ1) is 20.5. The maximum absolute atomic E-state index is 13.6. The van der Waals surface area contributed by atoms with E-state index < -0.39 is 18.0 Å². The minimum Gasteiger partial charge on any atom is -0.463 e. The predicted molar refractivity (Wildman–Crippen MR) is 162 cm³/mol. The molecule has 0 aliphatic carbocycles. The van der Waals surface area contributed by atoms with E-state index in [0.717, 1.165) is 16.7 Å². The summed E-state index contributed by atoms with van der Waals surface area (Å²) >= 11 is 0. The molecule has 0 saturated heterocycles. The van der Waals surface area contributed by atoms with Gasteiger partial charge in [-0.25, -0.2) is 0 Å². The molecular formula is C35H40N2O5. The molecule has 0 radical (unpaired) electrons. The highest BCUT2D eigenvalue weighted by Gasteiger charge is 2.28. The maximum Gasteiger partial charge on any atom is 0.309 e. The zero-order valence-corrected chi connectivity index (χ0v) is 23.9. The molecule has 7 heteroatoms. The highest BCUT2D eigenvalue weighted by Crippen LogP contribution is 2.22. The van der Waals surface area contributed by atoms with Gasteiger partial charge in [-0.05, 0) is 48.8 Å². The average molecular weight is 569 g/mol. The summed E-state index contributed by atoms with van der Waals surface area (Å²) in [5.74, 6) is -1.81. The van der Waals surface area contributed by atoms with Crippen LogP contribution < -0.4 is 10.6 Å². The van der Waals surface area contributed by atoms with Crippen LogP contribution in [-0.2, 0) is 32.0 Å². The monoisotopic (exact) mass is 568 g/mol. The molecule has 1 aliphatic rings. The van der Waals surface area contributed by atoms with Crippen molar-refractivity contribution >= 4 is 17.8 Å². The first-order valence-electron chi connectivity index (χ1n) is 14.7. The molecule has 0 bridgehead atoms. The largest absolute Gasteiger partial charge is 0.463 e. The summed E-state index contributed by atoms with van der Waals surface area (Å²) in [6.45, 7) is -0.209. The average Bonchev–Trinajstić information content (AvgIpc) is 3.03. The molecule has 3 aromatic carbocycles. The van der Waals surface area contributed by atoms with Gasteiger partial charge in [-0.1, -0.05) is 103 Å². The molecule has 4 atom stereocenters. The molecule has 0 aromatic heterocycles. The zero-order valence-electron chi connectivity index (χ0n) is 23.9. The molecule has 1 aliphatic heterocycles. The number of hydrogen-bond donors (Lipinski definition) is 3. The molecule has 0 spiro atoms. The van der Waals surface area contributed by atoms with E-state index in [1.807, 2.05) is 103 Å². The molecule has 0 unspecified atom stereocenters. The second-order valence-corrected chi connectivity index (χ2v) is 10.8. The molecule has 4 rings (SSSR count). The van der Waals surface area contributed by atoms with Crippen molar-refractivity contribution in [3.8, 4) is 0 Å². The lowest BCUT2D eigenvalue weighted by molar-refractivity contribution is -0.150. The van der Waals surface area contributed by atoms with Crippen molar-refractivity contribution in [1.82, 2.24) is 10.6 Å². The molecule has 3 aromatic rings. The van der Waals surface area contributed by atoms with Gasteiger partial charge in [0.15, 0.2) is 0 Å². The van der Waals surface area contributed by atoms with Crippen LogP contribution in [-0.4, -0.2) is 42.1 Å². The fourth-order valence-corrected chi connectivity index (χ4v) is 5.21. The predicted octanol–water partition coefficient (Wildman–Crippen LogP) is 4.71. The summed E-state index contributed by atoms with van der Waals surface area (Å²) in [6.07, 6.45) is 6.58. The Balaban J connectivity index is 1.48. The van der Waals surface area contributed by atoms with Gasteiger partial charge in [0.05, 0.1) is 30.5 Å². The second-order valence-electron chi connectivity index (χ2n) is 10.8. The number of nitrogens with one attached hydrogen (secondary N) is 2. The third-order valence-corrected chi connectivity index (χ3v) is 7.55. The van der Waals surface area contributed by atoms with Gasteiger partial charge in [-0.2, -0.15) is 0 Å². The Labute approximate surface area is 248 Å². The Morgan fingerprint density at radius 1 is 0.881 bits per heavy atom. The number of carbonyl (C=O) groups excluding carboxylic acids is 3. The lowest BCUT2D eigenvalue weighted by atomic mass is 9.94. The fraction of sp³-hybridized carbons (Fsp3) is 0.343. The van der Waals surface area contributed by atoms with Crippen molar-refractivity contribution < 1.29 is 24.2 Å². The van der Waals surface area contributed by atoms with Gasteiger partial charge >= 0.3 is 5.97 Å². The third kappa shape index (κ3) is 9.70. The van der Waals surface area contributed by atoms with Gasteiger partial charge < -0.3 is 20.5 Å². The van der Waals surface area contributed by atoms with Crippen LogP contribution in [0.25, 0.3) is 0 Å². The number of aliphatic hydroxyl groups excluding tert-OH is 1. The van der Waals surface area contributed by atoms with Crippen LogP contribution in [0.2, 0.25) is 0 Å². The number of amides is 2. The highest BCUT2D eigenvalue weighted by atomic mass is 16.5. The summed E-state index contributed by atoms with van der Waals surface area (Å²) in [5, 5.41) is 15.8. The van der Waals surface area contributed by atoms with Crippen LogP contribution in [0.4, 0.5) is 0 Å². The van der Waals surface area contributed by atoms with Gasteiger partial charge in [-0.15, -0.1) is 0 Å². The van der Waals surface area contributed by atoms with E-state index in [9.17, 15) is 19.5 Å². The lowest BCUT2D eigenvalue weighted by Crippen LogP contribution is -2.42. The third-order valence-electron chi connectivity index (χ3n) is 7.55. The first-order valence-corrected chi connectivity index (χ1v) is 14.7. The van der Waals surface area contributed by atoms with Crippen molar-refractivity contribution in [2.75, 3.05) is 13.2 Å². The summed E-state index contributed by atoms with van der Waals surface area (Å²) < 4.78 is 5.81. The molecule has 3 N–H and O–H groups in total. The summed E-state index contributed by atoms with van der Waals surface area (Å²) in [4.78, 5) is 39.8. The zero-order chi connectivity index (χ0) is 29.6. The first kappa shape index (κ1) is 30.7. The summed E-state index contributed by atoms with van der Waals surface area (Å²) in [6, 6.07) is 27.9. The Morgan fingerprint density at radius 2 is 1.52 bits per heavy atom. The van der Waals surface area contributed by atoms with E-state index in [-0.39, 0.29) is 43.3 Å². The fourth-order valence-electron chi connectivity index (χ4n) is 5.21. The minimum atomic E-state index is -0.625. The number of carbonyl (C=O) groups is 3. The van der Waals surface area contributed by atoms with E-state index in [4.69, 9.17) is 4.74 Å². The SMILES string of the molecule is O=C(C[C@H]1CC=CCC[C@H](Cc2ccccc2)C(=O)OC[C@@H](c2ccccc2)NC1=O)N[C@H](CO)Cc1ccccc1. The van der Waals surface area contributed by atoms with E-state index in [1.165, 1.54) is 0 Å². The van der Waals surface area contributed by atoms with Gasteiger partial charge in [0.2, 0.25) is 11.8 Å². The van der Waals surface area contributed by atoms with Crippen LogP contribution in [0.15, 0.2) is 103 Å². The van der Waals surface area contributed by atoms with Gasteiger partial charge in [0.1, 0.15) is 6.61 Å². The quantitative estimate of drug-likeness (QED) is 0.256. The second kappa shape index (κ2) is 16.3. The molecule has 1 heterocycles. The molecule has 42 heavy (non-hydrogen) atoms. The Hall–Kier alpha value is -4.23. The standard InChI is InChI=1S/C35H40N2O5/c38-24-31(22-27-15-7-2-8-16-27)36-33(39)23-29-19-11-4-12-20-30(21-26-13-5-1-6-14-26)35(41)42-25-32(37-34(29)40)28-17-9-3-10-18-28/h1-11,13-18,29-32,38H,12,19-25H2,(H,36,39)(H,37,40)/t29-,30-,31+,32+/m1/s1. The number of hydrogen-bond acceptors (Lipinski definition) is 5. The van der Waals surface area contributed by atoms with E-state index in [2.05, 4.69) is 10.6 Å². The van der Waals surface area contributed by atoms with Gasteiger partial charge in [0, 0.05) is 6.42 Å². The molecule has 220 valence electrons. The van der Waals surface area contributed by atoms with Crippen LogP contribution in [0.3, 0.4) is 0 Å². The van der Waals surface area contributed by atoms with Crippen molar-refractivity contribution in [3.05, 3.63) is 120 Å². The minimum absolute atomic E-state index is 0.00408. The smallest absolute Gasteiger partial charge is 0.309 e. The molecule has 7 nitrogen and oxygen atoms in total. The highest BCUT2D eigenvalue weighted by molar-refractivity contribution is 5.86. The van der Waals surface area contributed by atoms with Crippen LogP contribution in [0.5, 0.6) is 0 Å². The van der Waals surface area contributed by atoms with Crippen molar-refractivity contribution in [2.45, 2.75) is 50.6 Å². The van der Waals surface area contributed by atoms with Gasteiger partial charge in [0.25, 0.3) is 0 Å². The van der Waals surface area contributed by atoms with E-state index >= 15 is 0 Å². The topological polar surface area (TPSA) is 105 Å². The maximum atomic E-state index is 13.6. The number of esters is 1. The van der Waals surface area contributed by atoms with E-state index in [0.29, 0.717) is 32.1 Å². The van der Waals surface area contributed by atoms with Crippen molar-refractivity contribution in [3.63, 3.8) is 0 Å². The normalized spacial score (nSPS) is 20.6. The number of ether oxygens (including phenoxy) is 1. The molecule has 2 amide bonds. The Kier molecular flexibility index (Phi) is 11.9. The molecule has 0 saturated carbocycles. The number of aliphatic hydroxyl groups is 1. The van der Waals surface area contributed by atoms with Gasteiger partial charge in [-0.3, -0.25) is 14.4 Å². The number of rotatable bonds is 9. The summed E-state index contributed by atoms with van der Waals surface area (Å²) in [5.41, 5.74) is 2.89. The lowest BCUT2D eigenvalue weighted by Gasteiger charge is -2.24.